The van der Waals surface area contributed by atoms with Gasteiger partial charge in [-0.2, -0.15) is 0 Å². The second-order valence-corrected chi connectivity index (χ2v) is 7.41. The molecule has 6 nitrogen and oxygen atoms in total. The van der Waals surface area contributed by atoms with Crippen LogP contribution in [-0.2, 0) is 26.2 Å². The minimum absolute atomic E-state index is 0.690. The van der Waals surface area contributed by atoms with E-state index in [0.717, 1.165) is 42.5 Å². The van der Waals surface area contributed by atoms with Gasteiger partial charge in [0, 0.05) is 60.2 Å². The number of fused-ring (bicyclic) bond motifs is 3. The van der Waals surface area contributed by atoms with Crippen LogP contribution in [-0.4, -0.2) is 36.0 Å². The van der Waals surface area contributed by atoms with E-state index < -0.39 is 0 Å². The van der Waals surface area contributed by atoms with Gasteiger partial charge in [-0.1, -0.05) is 28.9 Å². The molecule has 0 spiro atoms. The van der Waals surface area contributed by atoms with Gasteiger partial charge in [-0.25, -0.2) is 4.68 Å². The van der Waals surface area contributed by atoms with E-state index in [2.05, 4.69) is 43.0 Å². The zero-order valence-corrected chi connectivity index (χ0v) is 15.5. The lowest BCUT2D eigenvalue weighted by Crippen LogP contribution is -2.32. The van der Waals surface area contributed by atoms with E-state index >= 15 is 0 Å². The summed E-state index contributed by atoms with van der Waals surface area (Å²) in [5, 5.41) is 10.6. The summed E-state index contributed by atoms with van der Waals surface area (Å²) in [5.41, 5.74) is 4.66. The topological polar surface area (TPSA) is 51.8 Å². The third kappa shape index (κ3) is 3.34. The molecule has 0 radical (unpaired) electrons. The lowest BCUT2D eigenvalue weighted by molar-refractivity contribution is 0.213. The summed E-state index contributed by atoms with van der Waals surface area (Å²) < 4.78 is 4.24. The maximum Gasteiger partial charge on any atom is 0.0967 e. The Kier molecular flexibility index (Phi) is 4.14. The predicted octanol–water partition coefficient (Wildman–Crippen LogP) is 3.35. The van der Waals surface area contributed by atoms with E-state index in [-0.39, 0.29) is 0 Å². The maximum absolute atomic E-state index is 6.17. The van der Waals surface area contributed by atoms with Crippen LogP contribution in [0.5, 0.6) is 0 Å². The van der Waals surface area contributed by atoms with Gasteiger partial charge in [0.1, 0.15) is 0 Å². The Balaban J connectivity index is 1.29. The van der Waals surface area contributed by atoms with Gasteiger partial charge in [-0.3, -0.25) is 9.88 Å². The van der Waals surface area contributed by atoms with Crippen LogP contribution in [0.25, 0.3) is 10.9 Å². The molecule has 4 aromatic rings. The quantitative estimate of drug-likeness (QED) is 0.546. The molecule has 0 aliphatic carbocycles. The predicted molar refractivity (Wildman–Crippen MR) is 104 cm³/mol. The van der Waals surface area contributed by atoms with E-state index in [0.29, 0.717) is 6.54 Å². The molecule has 0 atom stereocenters. The molecule has 1 aliphatic rings. The molecule has 1 aromatic carbocycles. The van der Waals surface area contributed by atoms with Crippen LogP contribution in [0, 0.1) is 0 Å². The van der Waals surface area contributed by atoms with Crippen LogP contribution in [0.2, 0.25) is 5.02 Å². The van der Waals surface area contributed by atoms with Crippen LogP contribution in [0.1, 0.15) is 17.0 Å². The van der Waals surface area contributed by atoms with Crippen LogP contribution in [0.4, 0.5) is 0 Å². The number of aromatic nitrogens is 5. The van der Waals surface area contributed by atoms with Crippen molar-refractivity contribution in [2.24, 2.45) is 0 Å². The fourth-order valence-corrected chi connectivity index (χ4v) is 3.93. The molecule has 0 saturated heterocycles. The van der Waals surface area contributed by atoms with Crippen molar-refractivity contribution < 1.29 is 0 Å². The molecule has 1 aliphatic heterocycles. The monoisotopic (exact) mass is 378 g/mol. The van der Waals surface area contributed by atoms with Crippen molar-refractivity contribution in [3.05, 3.63) is 77.0 Å². The molecular weight excluding hydrogens is 360 g/mol. The van der Waals surface area contributed by atoms with Crippen LogP contribution >= 0.6 is 11.6 Å². The van der Waals surface area contributed by atoms with Crippen molar-refractivity contribution in [3.63, 3.8) is 0 Å². The smallest absolute Gasteiger partial charge is 0.0967 e. The number of nitrogens with zero attached hydrogens (tertiary/aromatic N) is 6. The molecule has 0 N–H and O–H groups in total. The van der Waals surface area contributed by atoms with Crippen molar-refractivity contribution >= 4 is 22.5 Å². The molecule has 0 fully saturated rings. The van der Waals surface area contributed by atoms with E-state index in [1.54, 1.807) is 6.20 Å². The fraction of sp³-hybridized carbons (Fsp3) is 0.250. The lowest BCUT2D eigenvalue weighted by atomic mass is 10.2. The summed E-state index contributed by atoms with van der Waals surface area (Å²) in [6, 6.07) is 12.3. The first-order valence-corrected chi connectivity index (χ1v) is 9.40. The zero-order chi connectivity index (χ0) is 18.2. The standard InChI is InChI=1S/C20H19ClN6/c21-17-4-3-16-8-19-14-25(6-7-27(19)20(16)9-17)12-18-13-26(24-23-18)11-15-2-1-5-22-10-15/h1-5,8-10,13H,6-7,11-12,14H2. The average Bonchev–Trinajstić information content (AvgIpc) is 3.26. The molecule has 3 aromatic heterocycles. The maximum atomic E-state index is 6.17. The van der Waals surface area contributed by atoms with Crippen molar-refractivity contribution in [2.45, 2.75) is 26.2 Å². The number of pyridine rings is 1. The highest BCUT2D eigenvalue weighted by Gasteiger charge is 2.19. The van der Waals surface area contributed by atoms with Gasteiger partial charge in [0.2, 0.25) is 0 Å². The third-order valence-electron chi connectivity index (χ3n) is 5.02. The number of benzene rings is 1. The number of halogens is 1. The molecule has 27 heavy (non-hydrogen) atoms. The highest BCUT2D eigenvalue weighted by atomic mass is 35.5. The lowest BCUT2D eigenvalue weighted by Gasteiger charge is -2.28. The zero-order valence-electron chi connectivity index (χ0n) is 14.8. The van der Waals surface area contributed by atoms with Crippen LogP contribution in [0.3, 0.4) is 0 Å². The summed E-state index contributed by atoms with van der Waals surface area (Å²) in [7, 11) is 0. The largest absolute Gasteiger partial charge is 0.342 e. The van der Waals surface area contributed by atoms with Crippen molar-refractivity contribution in [2.75, 3.05) is 6.54 Å². The summed E-state index contributed by atoms with van der Waals surface area (Å²) in [5.74, 6) is 0. The normalized spacial score (nSPS) is 14.6. The molecular formula is C20H19ClN6. The Bertz CT molecular complexity index is 1080. The molecule has 5 rings (SSSR count). The summed E-state index contributed by atoms with van der Waals surface area (Å²) in [4.78, 5) is 6.56. The molecule has 0 bridgehead atoms. The molecule has 7 heteroatoms. The fourth-order valence-electron chi connectivity index (χ4n) is 3.76. The van der Waals surface area contributed by atoms with Gasteiger partial charge < -0.3 is 4.57 Å². The van der Waals surface area contributed by atoms with Gasteiger partial charge in [0.25, 0.3) is 0 Å². The van der Waals surface area contributed by atoms with Crippen molar-refractivity contribution in [3.8, 4) is 0 Å². The number of hydrogen-bond donors (Lipinski definition) is 0. The molecule has 0 amide bonds. The van der Waals surface area contributed by atoms with Crippen molar-refractivity contribution in [1.29, 1.82) is 0 Å². The van der Waals surface area contributed by atoms with Crippen molar-refractivity contribution in [1.82, 2.24) is 29.4 Å². The average molecular weight is 379 g/mol. The first kappa shape index (κ1) is 16.5. The first-order chi connectivity index (χ1) is 13.2. The Labute approximate surface area is 162 Å². The van der Waals surface area contributed by atoms with Gasteiger partial charge in [-0.15, -0.1) is 5.10 Å². The van der Waals surface area contributed by atoms with Gasteiger partial charge in [0.05, 0.1) is 18.4 Å². The van der Waals surface area contributed by atoms with E-state index in [9.17, 15) is 0 Å². The minimum atomic E-state index is 0.690. The van der Waals surface area contributed by atoms with Crippen LogP contribution < -0.4 is 0 Å². The first-order valence-electron chi connectivity index (χ1n) is 9.02. The third-order valence-corrected chi connectivity index (χ3v) is 5.25. The molecule has 136 valence electrons. The van der Waals surface area contributed by atoms with Gasteiger partial charge in [0.15, 0.2) is 0 Å². The van der Waals surface area contributed by atoms with E-state index in [4.69, 9.17) is 11.6 Å². The Hall–Kier alpha value is -2.70. The summed E-state index contributed by atoms with van der Waals surface area (Å²) >= 11 is 6.17. The van der Waals surface area contributed by atoms with Gasteiger partial charge in [-0.05, 0) is 29.8 Å². The highest BCUT2D eigenvalue weighted by molar-refractivity contribution is 6.31. The minimum Gasteiger partial charge on any atom is -0.342 e. The molecule has 0 saturated carbocycles. The summed E-state index contributed by atoms with van der Waals surface area (Å²) in [6.07, 6.45) is 5.66. The summed E-state index contributed by atoms with van der Waals surface area (Å²) in [6.45, 7) is 4.34. The SMILES string of the molecule is Clc1ccc2cc3n(c2c1)CCN(Cc1cn(Cc2cccnc2)nn1)C3. The Morgan fingerprint density at radius 1 is 1.07 bits per heavy atom. The molecule has 0 unspecified atom stereocenters. The Morgan fingerprint density at radius 2 is 2.04 bits per heavy atom. The number of rotatable bonds is 4. The van der Waals surface area contributed by atoms with E-state index in [1.165, 1.54) is 16.6 Å². The highest BCUT2D eigenvalue weighted by Crippen LogP contribution is 2.27. The van der Waals surface area contributed by atoms with Crippen LogP contribution in [0.15, 0.2) is 55.0 Å². The van der Waals surface area contributed by atoms with Gasteiger partial charge >= 0.3 is 0 Å². The number of hydrogen-bond acceptors (Lipinski definition) is 4. The second-order valence-electron chi connectivity index (χ2n) is 6.97. The Morgan fingerprint density at radius 3 is 2.93 bits per heavy atom. The molecule has 4 heterocycles. The van der Waals surface area contributed by atoms with E-state index in [1.807, 2.05) is 35.3 Å². The second kappa shape index (κ2) is 6.79.